The summed E-state index contributed by atoms with van der Waals surface area (Å²) in [7, 11) is 0. The van der Waals surface area contributed by atoms with Gasteiger partial charge in [-0.15, -0.1) is 11.6 Å². The van der Waals surface area contributed by atoms with E-state index < -0.39 is 0 Å². The third-order valence-corrected chi connectivity index (χ3v) is 1.72. The van der Waals surface area contributed by atoms with E-state index in [0.717, 1.165) is 25.9 Å². The van der Waals surface area contributed by atoms with Gasteiger partial charge in [0, 0.05) is 18.8 Å². The molecule has 0 heterocycles. The fourth-order valence-electron chi connectivity index (χ4n) is 0.881. The molecule has 0 unspecified atom stereocenters. The van der Waals surface area contributed by atoms with Crippen molar-refractivity contribution in [2.24, 2.45) is 5.73 Å². The van der Waals surface area contributed by atoms with Crippen molar-refractivity contribution in [2.45, 2.75) is 19.3 Å². The minimum atomic E-state index is -0.220. The molecule has 0 aromatic heterocycles. The molecule has 0 radical (unpaired) electrons. The number of nitrogens with two attached hydrogens (primary N) is 1. The van der Waals surface area contributed by atoms with Crippen LogP contribution in [0.1, 0.15) is 19.3 Å². The molecule has 0 saturated carbocycles. The monoisotopic (exact) mass is 204 g/mol. The molecule has 0 saturated heterocycles. The summed E-state index contributed by atoms with van der Waals surface area (Å²) in [4.78, 5) is 10.3. The van der Waals surface area contributed by atoms with Crippen molar-refractivity contribution >= 4 is 17.5 Å². The average Bonchev–Trinajstić information content (AvgIpc) is 2.09. The predicted molar refractivity (Wildman–Crippen MR) is 55.8 cm³/mol. The normalized spacial score (nSPS) is 10.8. The summed E-state index contributed by atoms with van der Waals surface area (Å²) in [6.07, 6.45) is 6.22. The Kier molecular flexibility index (Phi) is 9.15. The van der Waals surface area contributed by atoms with Crippen molar-refractivity contribution in [1.82, 2.24) is 5.32 Å². The van der Waals surface area contributed by atoms with Crippen LogP contribution in [-0.2, 0) is 4.79 Å². The minimum absolute atomic E-state index is 0.220. The van der Waals surface area contributed by atoms with Crippen molar-refractivity contribution in [2.75, 3.05) is 19.0 Å². The van der Waals surface area contributed by atoms with Gasteiger partial charge in [-0.2, -0.15) is 0 Å². The Morgan fingerprint density at radius 2 is 2.15 bits per heavy atom. The van der Waals surface area contributed by atoms with Crippen LogP contribution in [0.2, 0.25) is 0 Å². The maximum absolute atomic E-state index is 10.3. The van der Waals surface area contributed by atoms with E-state index in [4.69, 9.17) is 17.3 Å². The van der Waals surface area contributed by atoms with Crippen molar-refractivity contribution in [1.29, 1.82) is 0 Å². The van der Waals surface area contributed by atoms with Gasteiger partial charge in [-0.25, -0.2) is 0 Å². The molecule has 0 aliphatic carbocycles. The molecule has 0 fully saturated rings. The number of nitrogens with one attached hydrogen (secondary N) is 1. The van der Waals surface area contributed by atoms with Crippen LogP contribution in [0.4, 0.5) is 0 Å². The van der Waals surface area contributed by atoms with E-state index in [9.17, 15) is 4.79 Å². The van der Waals surface area contributed by atoms with Crippen LogP contribution in [-0.4, -0.2) is 24.9 Å². The Morgan fingerprint density at radius 3 is 2.77 bits per heavy atom. The highest BCUT2D eigenvalue weighted by molar-refractivity contribution is 6.18. The molecule has 1 amide bonds. The number of carbonyl (C=O) groups excluding carboxylic acids is 1. The smallest absolute Gasteiger partial charge is 0.217 e. The molecule has 3 N–H and O–H groups in total. The van der Waals surface area contributed by atoms with Gasteiger partial charge in [0.25, 0.3) is 0 Å². The minimum Gasteiger partial charge on any atom is -0.370 e. The van der Waals surface area contributed by atoms with Gasteiger partial charge in [0.15, 0.2) is 0 Å². The zero-order valence-electron chi connectivity index (χ0n) is 7.76. The van der Waals surface area contributed by atoms with Crippen LogP contribution in [0.3, 0.4) is 0 Å². The number of hydrogen-bond donors (Lipinski definition) is 2. The number of rotatable bonds is 8. The Hall–Kier alpha value is -0.540. The third-order valence-electron chi connectivity index (χ3n) is 1.54. The number of hydrogen-bond acceptors (Lipinski definition) is 2. The van der Waals surface area contributed by atoms with Gasteiger partial charge in [0.1, 0.15) is 0 Å². The van der Waals surface area contributed by atoms with Crippen LogP contribution < -0.4 is 11.1 Å². The third kappa shape index (κ3) is 11.5. The first-order valence-electron chi connectivity index (χ1n) is 4.47. The molecule has 0 atom stereocenters. The fourth-order valence-corrected chi connectivity index (χ4v) is 1.01. The Bertz CT molecular complexity index is 160. The predicted octanol–water partition coefficient (Wildman–Crippen LogP) is 1.03. The second-order valence-electron chi connectivity index (χ2n) is 2.75. The molecule has 0 spiro atoms. The molecule has 0 aromatic rings. The van der Waals surface area contributed by atoms with E-state index in [1.807, 2.05) is 12.2 Å². The van der Waals surface area contributed by atoms with E-state index >= 15 is 0 Å². The summed E-state index contributed by atoms with van der Waals surface area (Å²) in [5.41, 5.74) is 4.99. The van der Waals surface area contributed by atoms with E-state index in [1.54, 1.807) is 0 Å². The Morgan fingerprint density at radius 1 is 1.38 bits per heavy atom. The molecular weight excluding hydrogens is 188 g/mol. The highest BCUT2D eigenvalue weighted by atomic mass is 35.5. The van der Waals surface area contributed by atoms with Crippen molar-refractivity contribution < 1.29 is 4.79 Å². The maximum Gasteiger partial charge on any atom is 0.217 e. The zero-order valence-corrected chi connectivity index (χ0v) is 8.52. The Balaban J connectivity index is 2.99. The van der Waals surface area contributed by atoms with Crippen molar-refractivity contribution in [3.05, 3.63) is 12.2 Å². The fraction of sp³-hybridized carbons (Fsp3) is 0.667. The van der Waals surface area contributed by atoms with Gasteiger partial charge in [-0.3, -0.25) is 4.79 Å². The first-order chi connectivity index (χ1) is 6.27. The molecule has 0 bridgehead atoms. The molecule has 3 nitrogen and oxygen atoms in total. The summed E-state index contributed by atoms with van der Waals surface area (Å²) in [6.45, 7) is 1.75. The van der Waals surface area contributed by atoms with Gasteiger partial charge in [-0.1, -0.05) is 12.2 Å². The van der Waals surface area contributed by atoms with Crippen LogP contribution in [0, 0.1) is 0 Å². The summed E-state index contributed by atoms with van der Waals surface area (Å²) in [5.74, 6) is 0.339. The van der Waals surface area contributed by atoms with Gasteiger partial charge in [0.2, 0.25) is 5.91 Å². The number of allylic oxidation sites excluding steroid dienone is 1. The molecule has 0 rings (SSSR count). The summed E-state index contributed by atoms with van der Waals surface area (Å²) in [6, 6.07) is 0. The number of primary amides is 1. The van der Waals surface area contributed by atoms with Crippen LogP contribution in [0.15, 0.2) is 12.2 Å². The molecule has 76 valence electrons. The molecule has 4 heteroatoms. The van der Waals surface area contributed by atoms with Gasteiger partial charge < -0.3 is 11.1 Å². The van der Waals surface area contributed by atoms with Gasteiger partial charge in [-0.05, 0) is 19.4 Å². The lowest BCUT2D eigenvalue weighted by Crippen LogP contribution is -2.16. The van der Waals surface area contributed by atoms with Crippen LogP contribution >= 0.6 is 11.6 Å². The number of carbonyl (C=O) groups is 1. The molecule has 0 aliphatic heterocycles. The standard InChI is InChI=1S/C9H17ClN2O/c10-6-2-4-8-12-7-3-1-5-9(11)13/h2,4,12H,1,3,5-8H2,(H2,11,13)/b4-2+. The molecule has 0 aromatic carbocycles. The van der Waals surface area contributed by atoms with Crippen molar-refractivity contribution in [3.63, 3.8) is 0 Å². The SMILES string of the molecule is NC(=O)CCCCNC/C=C/CCl. The lowest BCUT2D eigenvalue weighted by atomic mass is 10.2. The van der Waals surface area contributed by atoms with Crippen molar-refractivity contribution in [3.8, 4) is 0 Å². The second-order valence-corrected chi connectivity index (χ2v) is 3.06. The molecule has 0 aliphatic rings. The number of halogens is 1. The average molecular weight is 205 g/mol. The summed E-state index contributed by atoms with van der Waals surface area (Å²) in [5, 5.41) is 3.20. The Labute approximate surface area is 84.3 Å². The maximum atomic E-state index is 10.3. The quantitative estimate of drug-likeness (QED) is 0.353. The number of alkyl halides is 1. The number of unbranched alkanes of at least 4 members (excludes halogenated alkanes) is 1. The molecular formula is C9H17ClN2O. The van der Waals surface area contributed by atoms with Gasteiger partial charge in [0.05, 0.1) is 0 Å². The highest BCUT2D eigenvalue weighted by Crippen LogP contribution is 1.91. The largest absolute Gasteiger partial charge is 0.370 e. The molecule has 13 heavy (non-hydrogen) atoms. The zero-order chi connectivity index (χ0) is 9.94. The van der Waals surface area contributed by atoms with Crippen LogP contribution in [0.25, 0.3) is 0 Å². The van der Waals surface area contributed by atoms with E-state index in [-0.39, 0.29) is 5.91 Å². The lowest BCUT2D eigenvalue weighted by molar-refractivity contribution is -0.118. The highest BCUT2D eigenvalue weighted by Gasteiger charge is 1.92. The summed E-state index contributed by atoms with van der Waals surface area (Å²) < 4.78 is 0. The lowest BCUT2D eigenvalue weighted by Gasteiger charge is -1.99. The second kappa shape index (κ2) is 9.55. The topological polar surface area (TPSA) is 55.1 Å². The van der Waals surface area contributed by atoms with E-state index in [2.05, 4.69) is 5.32 Å². The first kappa shape index (κ1) is 12.5. The van der Waals surface area contributed by atoms with Gasteiger partial charge >= 0.3 is 0 Å². The van der Waals surface area contributed by atoms with E-state index in [1.165, 1.54) is 0 Å². The summed E-state index contributed by atoms with van der Waals surface area (Å²) >= 11 is 5.43. The van der Waals surface area contributed by atoms with Crippen LogP contribution in [0.5, 0.6) is 0 Å². The first-order valence-corrected chi connectivity index (χ1v) is 5.01. The number of amides is 1. The van der Waals surface area contributed by atoms with E-state index in [0.29, 0.717) is 12.3 Å².